The summed E-state index contributed by atoms with van der Waals surface area (Å²) in [5, 5.41) is 4.09. The zero-order valence-corrected chi connectivity index (χ0v) is 14.9. The fourth-order valence-corrected chi connectivity index (χ4v) is 3.13. The van der Waals surface area contributed by atoms with Crippen LogP contribution in [-0.4, -0.2) is 10.8 Å². The molecule has 0 atom stereocenters. The van der Waals surface area contributed by atoms with Crippen LogP contribution in [0.25, 0.3) is 10.9 Å². The fourth-order valence-electron chi connectivity index (χ4n) is 2.80. The van der Waals surface area contributed by atoms with Crippen molar-refractivity contribution in [2.24, 2.45) is 0 Å². The molecular formula is C19H16BrFN2O. The zero-order chi connectivity index (χ0) is 17.3. The average molecular weight is 387 g/mol. The van der Waals surface area contributed by atoms with Crippen LogP contribution < -0.4 is 5.32 Å². The number of rotatable bonds is 4. The van der Waals surface area contributed by atoms with Crippen LogP contribution in [0.15, 0.2) is 46.9 Å². The second kappa shape index (κ2) is 6.69. The van der Waals surface area contributed by atoms with Crippen molar-refractivity contribution in [3.63, 3.8) is 0 Å². The SMILES string of the molecule is CC(=O)c1c(C)nc2ccccc2c1NCc1ccc(Br)cc1F. The van der Waals surface area contributed by atoms with Gasteiger partial charge in [-0.1, -0.05) is 40.2 Å². The molecule has 0 aliphatic carbocycles. The number of aromatic nitrogens is 1. The van der Waals surface area contributed by atoms with Gasteiger partial charge in [0.05, 0.1) is 22.5 Å². The second-order valence-electron chi connectivity index (χ2n) is 5.61. The Morgan fingerprint density at radius 2 is 2.00 bits per heavy atom. The fraction of sp³-hybridized carbons (Fsp3) is 0.158. The van der Waals surface area contributed by atoms with E-state index in [1.807, 2.05) is 31.2 Å². The number of nitrogens with zero attached hydrogens (tertiary/aromatic N) is 1. The van der Waals surface area contributed by atoms with E-state index >= 15 is 0 Å². The molecule has 3 aromatic rings. The highest BCUT2D eigenvalue weighted by molar-refractivity contribution is 9.10. The van der Waals surface area contributed by atoms with Gasteiger partial charge in [-0.05, 0) is 32.0 Å². The van der Waals surface area contributed by atoms with E-state index in [0.29, 0.717) is 27.0 Å². The Bertz CT molecular complexity index is 940. The maximum Gasteiger partial charge on any atom is 0.163 e. The lowest BCUT2D eigenvalue weighted by Crippen LogP contribution is -2.10. The highest BCUT2D eigenvalue weighted by atomic mass is 79.9. The Labute approximate surface area is 148 Å². The van der Waals surface area contributed by atoms with Gasteiger partial charge >= 0.3 is 0 Å². The number of benzene rings is 2. The van der Waals surface area contributed by atoms with E-state index in [-0.39, 0.29) is 18.1 Å². The topological polar surface area (TPSA) is 42.0 Å². The van der Waals surface area contributed by atoms with Gasteiger partial charge in [-0.3, -0.25) is 9.78 Å². The molecule has 0 spiro atoms. The number of ketones is 1. The van der Waals surface area contributed by atoms with Gasteiger partial charge in [0.1, 0.15) is 5.82 Å². The largest absolute Gasteiger partial charge is 0.380 e. The van der Waals surface area contributed by atoms with Crippen molar-refractivity contribution in [1.82, 2.24) is 4.98 Å². The van der Waals surface area contributed by atoms with E-state index < -0.39 is 0 Å². The van der Waals surface area contributed by atoms with Crippen LogP contribution in [0.4, 0.5) is 10.1 Å². The number of hydrogen-bond donors (Lipinski definition) is 1. The number of carbonyl (C=O) groups excluding carboxylic acids is 1. The first-order chi connectivity index (χ1) is 11.5. The normalized spacial score (nSPS) is 10.8. The van der Waals surface area contributed by atoms with E-state index in [4.69, 9.17) is 0 Å². The summed E-state index contributed by atoms with van der Waals surface area (Å²) in [4.78, 5) is 16.6. The van der Waals surface area contributed by atoms with Crippen molar-refractivity contribution in [1.29, 1.82) is 0 Å². The molecule has 0 radical (unpaired) electrons. The highest BCUT2D eigenvalue weighted by Crippen LogP contribution is 2.29. The molecule has 5 heteroatoms. The molecule has 1 aromatic heterocycles. The molecule has 0 aliphatic heterocycles. The number of Topliss-reactive ketones (excluding diaryl/α,β-unsaturated/α-hetero) is 1. The molecular weight excluding hydrogens is 371 g/mol. The lowest BCUT2D eigenvalue weighted by Gasteiger charge is -2.16. The van der Waals surface area contributed by atoms with Crippen LogP contribution in [0.3, 0.4) is 0 Å². The predicted octanol–water partition coefficient (Wildman–Crippen LogP) is 5.26. The summed E-state index contributed by atoms with van der Waals surface area (Å²) in [5.74, 6) is -0.360. The zero-order valence-electron chi connectivity index (χ0n) is 13.4. The van der Waals surface area contributed by atoms with E-state index in [1.165, 1.54) is 13.0 Å². The van der Waals surface area contributed by atoms with E-state index in [9.17, 15) is 9.18 Å². The third-order valence-corrected chi connectivity index (χ3v) is 4.39. The number of para-hydroxylation sites is 1. The summed E-state index contributed by atoms with van der Waals surface area (Å²) in [7, 11) is 0. The number of halogens is 2. The monoisotopic (exact) mass is 386 g/mol. The molecule has 2 aromatic carbocycles. The Balaban J connectivity index is 2.07. The summed E-state index contributed by atoms with van der Waals surface area (Å²) in [6, 6.07) is 12.6. The van der Waals surface area contributed by atoms with Crippen LogP contribution in [0.2, 0.25) is 0 Å². The van der Waals surface area contributed by atoms with E-state index in [0.717, 1.165) is 10.9 Å². The minimum atomic E-state index is -0.295. The molecule has 0 aliphatic rings. The molecule has 0 saturated carbocycles. The molecule has 1 N–H and O–H groups in total. The first kappa shape index (κ1) is 16.6. The van der Waals surface area contributed by atoms with Gasteiger partial charge < -0.3 is 5.32 Å². The van der Waals surface area contributed by atoms with E-state index in [2.05, 4.69) is 26.2 Å². The van der Waals surface area contributed by atoms with Crippen LogP contribution in [0.1, 0.15) is 28.5 Å². The minimum absolute atomic E-state index is 0.0652. The number of pyridine rings is 1. The van der Waals surface area contributed by atoms with Crippen LogP contribution in [0.5, 0.6) is 0 Å². The minimum Gasteiger partial charge on any atom is -0.380 e. The standard InChI is InChI=1S/C19H16BrFN2O/c1-11-18(12(2)24)19(15-5-3-4-6-17(15)23-11)22-10-13-7-8-14(20)9-16(13)21/h3-9H,10H2,1-2H3,(H,22,23). The van der Waals surface area contributed by atoms with Gasteiger partial charge in [0, 0.05) is 22.0 Å². The molecule has 0 fully saturated rings. The summed E-state index contributed by atoms with van der Waals surface area (Å²) >= 11 is 3.25. The molecule has 122 valence electrons. The first-order valence-electron chi connectivity index (χ1n) is 7.55. The lowest BCUT2D eigenvalue weighted by molar-refractivity contribution is 0.101. The van der Waals surface area contributed by atoms with Gasteiger partial charge in [0.15, 0.2) is 5.78 Å². The Kier molecular flexibility index (Phi) is 4.62. The lowest BCUT2D eigenvalue weighted by atomic mass is 10.0. The van der Waals surface area contributed by atoms with Gasteiger partial charge in [-0.15, -0.1) is 0 Å². The predicted molar refractivity (Wildman–Crippen MR) is 97.9 cm³/mol. The van der Waals surface area contributed by atoms with Crippen molar-refractivity contribution >= 4 is 38.3 Å². The maximum absolute atomic E-state index is 14.1. The maximum atomic E-state index is 14.1. The van der Waals surface area contributed by atoms with Crippen molar-refractivity contribution in [3.05, 3.63) is 69.6 Å². The summed E-state index contributed by atoms with van der Waals surface area (Å²) in [6.07, 6.45) is 0. The molecule has 3 rings (SSSR count). The third-order valence-electron chi connectivity index (χ3n) is 3.90. The molecule has 3 nitrogen and oxygen atoms in total. The molecule has 0 unspecified atom stereocenters. The molecule has 0 saturated heterocycles. The van der Waals surface area contributed by atoms with Gasteiger partial charge in [-0.25, -0.2) is 4.39 Å². The van der Waals surface area contributed by atoms with Crippen molar-refractivity contribution in [3.8, 4) is 0 Å². The van der Waals surface area contributed by atoms with Crippen molar-refractivity contribution in [2.45, 2.75) is 20.4 Å². The number of aryl methyl sites for hydroxylation is 1. The van der Waals surface area contributed by atoms with Crippen molar-refractivity contribution in [2.75, 3.05) is 5.32 Å². The van der Waals surface area contributed by atoms with Crippen molar-refractivity contribution < 1.29 is 9.18 Å². The van der Waals surface area contributed by atoms with Gasteiger partial charge in [0.25, 0.3) is 0 Å². The Hall–Kier alpha value is -2.27. The summed E-state index contributed by atoms with van der Waals surface area (Å²) < 4.78 is 14.7. The summed E-state index contributed by atoms with van der Waals surface area (Å²) in [5.41, 5.74) is 3.25. The third kappa shape index (κ3) is 3.17. The number of carbonyl (C=O) groups is 1. The Morgan fingerprint density at radius 1 is 1.25 bits per heavy atom. The molecule has 0 bridgehead atoms. The second-order valence-corrected chi connectivity index (χ2v) is 6.53. The number of nitrogens with one attached hydrogen (secondary N) is 1. The smallest absolute Gasteiger partial charge is 0.163 e. The molecule has 0 amide bonds. The highest BCUT2D eigenvalue weighted by Gasteiger charge is 2.16. The molecule has 24 heavy (non-hydrogen) atoms. The van der Waals surface area contributed by atoms with Crippen LogP contribution >= 0.6 is 15.9 Å². The number of fused-ring (bicyclic) bond motifs is 1. The average Bonchev–Trinajstić information content (AvgIpc) is 2.53. The first-order valence-corrected chi connectivity index (χ1v) is 8.34. The number of hydrogen-bond acceptors (Lipinski definition) is 3. The van der Waals surface area contributed by atoms with Crippen LogP contribution in [0, 0.1) is 12.7 Å². The van der Waals surface area contributed by atoms with E-state index in [1.54, 1.807) is 12.1 Å². The summed E-state index contributed by atoms with van der Waals surface area (Å²) in [6.45, 7) is 3.62. The molecule has 1 heterocycles. The quantitative estimate of drug-likeness (QED) is 0.621. The van der Waals surface area contributed by atoms with Gasteiger partial charge in [-0.2, -0.15) is 0 Å². The Morgan fingerprint density at radius 3 is 2.71 bits per heavy atom. The van der Waals surface area contributed by atoms with Crippen LogP contribution in [-0.2, 0) is 6.54 Å². The number of anilines is 1. The van der Waals surface area contributed by atoms with Gasteiger partial charge in [0.2, 0.25) is 0 Å².